The van der Waals surface area contributed by atoms with Crippen LogP contribution in [0.2, 0.25) is 18.1 Å². The molecule has 0 amide bonds. The zero-order chi connectivity index (χ0) is 14.7. The Morgan fingerprint density at radius 3 is 2.16 bits per heavy atom. The SMILES string of the molecule is C/C=C(\O)[C@@H](O[Si](C)(C)C(C)(C)C)C1CCCCC1. The highest BCUT2D eigenvalue weighted by molar-refractivity contribution is 6.74. The highest BCUT2D eigenvalue weighted by Crippen LogP contribution is 2.40. The van der Waals surface area contributed by atoms with E-state index in [2.05, 4.69) is 33.9 Å². The summed E-state index contributed by atoms with van der Waals surface area (Å²) in [6, 6.07) is 0. The number of rotatable bonds is 4. The molecule has 19 heavy (non-hydrogen) atoms. The van der Waals surface area contributed by atoms with Crippen molar-refractivity contribution in [3.8, 4) is 0 Å². The standard InChI is InChI=1S/C16H32O2Si/c1-7-14(17)15(13-11-9-8-10-12-13)18-19(5,6)16(2,3)4/h7,13,15,17H,8-12H2,1-6H3/b14-7-/t15-/m0/s1. The molecule has 0 unspecified atom stereocenters. The molecule has 112 valence electrons. The third kappa shape index (κ3) is 4.35. The molecule has 1 aliphatic rings. The molecule has 3 heteroatoms. The van der Waals surface area contributed by atoms with Crippen LogP contribution in [0, 0.1) is 5.92 Å². The molecule has 0 saturated heterocycles. The molecule has 1 fully saturated rings. The van der Waals surface area contributed by atoms with Gasteiger partial charge in [0.2, 0.25) is 0 Å². The molecule has 0 spiro atoms. The monoisotopic (exact) mass is 284 g/mol. The smallest absolute Gasteiger partial charge is 0.193 e. The molecule has 0 radical (unpaired) electrons. The topological polar surface area (TPSA) is 29.5 Å². The van der Waals surface area contributed by atoms with E-state index in [-0.39, 0.29) is 11.1 Å². The normalized spacial score (nSPS) is 21.5. The fraction of sp³-hybridized carbons (Fsp3) is 0.875. The molecule has 1 saturated carbocycles. The first-order valence-corrected chi connectivity index (χ1v) is 10.6. The lowest BCUT2D eigenvalue weighted by atomic mass is 9.84. The van der Waals surface area contributed by atoms with Gasteiger partial charge in [0.25, 0.3) is 0 Å². The summed E-state index contributed by atoms with van der Waals surface area (Å²) in [6.07, 6.45) is 8.00. The Morgan fingerprint density at radius 1 is 1.21 bits per heavy atom. The van der Waals surface area contributed by atoms with Crippen LogP contribution >= 0.6 is 0 Å². The average molecular weight is 285 g/mol. The molecule has 0 aromatic carbocycles. The molecule has 0 aromatic rings. The van der Waals surface area contributed by atoms with Crippen LogP contribution in [-0.4, -0.2) is 19.5 Å². The van der Waals surface area contributed by atoms with Crippen molar-refractivity contribution in [2.24, 2.45) is 5.92 Å². The van der Waals surface area contributed by atoms with Gasteiger partial charge >= 0.3 is 0 Å². The largest absolute Gasteiger partial charge is 0.510 e. The van der Waals surface area contributed by atoms with Gasteiger partial charge in [-0.25, -0.2) is 0 Å². The first kappa shape index (κ1) is 16.8. The van der Waals surface area contributed by atoms with Gasteiger partial charge in [-0.15, -0.1) is 0 Å². The Kier molecular flexibility index (Phi) is 5.69. The first-order valence-electron chi connectivity index (χ1n) is 7.72. The first-order chi connectivity index (χ1) is 8.69. The second-order valence-corrected chi connectivity index (χ2v) is 12.2. The van der Waals surface area contributed by atoms with Crippen LogP contribution in [0.5, 0.6) is 0 Å². The van der Waals surface area contributed by atoms with E-state index in [4.69, 9.17) is 4.43 Å². The minimum atomic E-state index is -1.83. The maximum atomic E-state index is 10.3. The van der Waals surface area contributed by atoms with E-state index in [1.807, 2.05) is 13.0 Å². The fourth-order valence-electron chi connectivity index (χ4n) is 2.49. The third-order valence-corrected chi connectivity index (χ3v) is 9.35. The maximum absolute atomic E-state index is 10.3. The summed E-state index contributed by atoms with van der Waals surface area (Å²) < 4.78 is 6.52. The van der Waals surface area contributed by atoms with Crippen molar-refractivity contribution in [1.29, 1.82) is 0 Å². The van der Waals surface area contributed by atoms with E-state index in [0.717, 1.165) is 0 Å². The van der Waals surface area contributed by atoms with Crippen molar-refractivity contribution < 1.29 is 9.53 Å². The van der Waals surface area contributed by atoms with Crippen LogP contribution in [0.3, 0.4) is 0 Å². The average Bonchev–Trinajstić information content (AvgIpc) is 2.35. The number of aliphatic hydroxyl groups excluding tert-OH is 1. The predicted octanol–water partition coefficient (Wildman–Crippen LogP) is 5.42. The van der Waals surface area contributed by atoms with Crippen molar-refractivity contribution in [1.82, 2.24) is 0 Å². The summed E-state index contributed by atoms with van der Waals surface area (Å²) in [5.41, 5.74) is 0. The van der Waals surface area contributed by atoms with Crippen LogP contribution in [0.1, 0.15) is 59.8 Å². The van der Waals surface area contributed by atoms with Crippen LogP contribution in [0.15, 0.2) is 11.8 Å². The van der Waals surface area contributed by atoms with E-state index >= 15 is 0 Å². The molecule has 0 aromatic heterocycles. The molecule has 0 heterocycles. The Hall–Kier alpha value is -0.283. The number of aliphatic hydroxyl groups is 1. The van der Waals surface area contributed by atoms with Gasteiger partial charge in [-0.3, -0.25) is 0 Å². The molecule has 1 aliphatic carbocycles. The highest BCUT2D eigenvalue weighted by atomic mass is 28.4. The van der Waals surface area contributed by atoms with E-state index in [1.54, 1.807) is 0 Å². The van der Waals surface area contributed by atoms with Gasteiger partial charge in [-0.1, -0.05) is 40.0 Å². The zero-order valence-electron chi connectivity index (χ0n) is 13.6. The minimum absolute atomic E-state index is 0.0776. The van der Waals surface area contributed by atoms with Crippen molar-refractivity contribution in [3.05, 3.63) is 11.8 Å². The van der Waals surface area contributed by atoms with E-state index < -0.39 is 8.32 Å². The minimum Gasteiger partial charge on any atom is -0.510 e. The quantitative estimate of drug-likeness (QED) is 0.552. The van der Waals surface area contributed by atoms with E-state index in [9.17, 15) is 5.11 Å². The van der Waals surface area contributed by atoms with Gasteiger partial charge in [0, 0.05) is 0 Å². The molecule has 0 aliphatic heterocycles. The van der Waals surface area contributed by atoms with Crippen LogP contribution in [-0.2, 0) is 4.43 Å². The van der Waals surface area contributed by atoms with Gasteiger partial charge in [-0.2, -0.15) is 0 Å². The highest BCUT2D eigenvalue weighted by Gasteiger charge is 2.41. The Bertz CT molecular complexity index is 309. The lowest BCUT2D eigenvalue weighted by Crippen LogP contribution is -2.46. The summed E-state index contributed by atoms with van der Waals surface area (Å²) in [4.78, 5) is 0. The lowest BCUT2D eigenvalue weighted by Gasteiger charge is -2.42. The number of allylic oxidation sites excluding steroid dienone is 1. The molecular formula is C16H32O2Si. The number of hydrogen-bond donors (Lipinski definition) is 1. The second kappa shape index (κ2) is 6.44. The second-order valence-electron chi connectivity index (χ2n) is 7.41. The van der Waals surface area contributed by atoms with Crippen LogP contribution in [0.4, 0.5) is 0 Å². The number of hydrogen-bond acceptors (Lipinski definition) is 2. The van der Waals surface area contributed by atoms with Gasteiger partial charge < -0.3 is 9.53 Å². The molecule has 1 N–H and O–H groups in total. The van der Waals surface area contributed by atoms with Crippen LogP contribution in [0.25, 0.3) is 0 Å². The summed E-state index contributed by atoms with van der Waals surface area (Å²) in [7, 11) is -1.83. The fourth-order valence-corrected chi connectivity index (χ4v) is 3.80. The molecule has 1 rings (SSSR count). The summed E-state index contributed by atoms with van der Waals surface area (Å²) in [5, 5.41) is 10.4. The Balaban J connectivity index is 2.86. The molecule has 1 atom stereocenters. The van der Waals surface area contributed by atoms with Gasteiger partial charge in [-0.05, 0) is 49.9 Å². The van der Waals surface area contributed by atoms with E-state index in [0.29, 0.717) is 11.7 Å². The lowest BCUT2D eigenvalue weighted by molar-refractivity contribution is 0.0847. The zero-order valence-corrected chi connectivity index (χ0v) is 14.6. The van der Waals surface area contributed by atoms with Gasteiger partial charge in [0.15, 0.2) is 8.32 Å². The third-order valence-electron chi connectivity index (χ3n) is 4.89. The van der Waals surface area contributed by atoms with Crippen molar-refractivity contribution >= 4 is 8.32 Å². The summed E-state index contributed by atoms with van der Waals surface area (Å²) in [5.74, 6) is 0.941. The molecule has 0 bridgehead atoms. The van der Waals surface area contributed by atoms with E-state index in [1.165, 1.54) is 32.1 Å². The van der Waals surface area contributed by atoms with Crippen molar-refractivity contribution in [2.45, 2.75) is 84.0 Å². The van der Waals surface area contributed by atoms with Crippen molar-refractivity contribution in [3.63, 3.8) is 0 Å². The molecular weight excluding hydrogens is 252 g/mol. The van der Waals surface area contributed by atoms with Crippen molar-refractivity contribution in [2.75, 3.05) is 0 Å². The maximum Gasteiger partial charge on any atom is 0.193 e. The van der Waals surface area contributed by atoms with Gasteiger partial charge in [0.1, 0.15) is 11.9 Å². The summed E-state index contributed by atoms with van der Waals surface area (Å²) >= 11 is 0. The Morgan fingerprint density at radius 2 is 1.74 bits per heavy atom. The molecule has 2 nitrogen and oxygen atoms in total. The van der Waals surface area contributed by atoms with Crippen LogP contribution < -0.4 is 0 Å². The predicted molar refractivity (Wildman–Crippen MR) is 85.0 cm³/mol. The Labute approximate surface area is 120 Å². The van der Waals surface area contributed by atoms with Gasteiger partial charge in [0.05, 0.1) is 0 Å². The summed E-state index contributed by atoms with van der Waals surface area (Å²) in [6.45, 7) is 13.2.